The van der Waals surface area contributed by atoms with Crippen LogP contribution in [0.25, 0.3) is 27.2 Å². The second-order valence-corrected chi connectivity index (χ2v) is 20.4. The summed E-state index contributed by atoms with van der Waals surface area (Å²) in [6.07, 6.45) is 5.55. The molecular formula is C50H59BrN6O6S. The lowest BCUT2D eigenvalue weighted by molar-refractivity contribution is -0.322. The number of amides is 3. The van der Waals surface area contributed by atoms with E-state index in [9.17, 15) is 19.5 Å². The number of H-pyrrole nitrogens is 1. The van der Waals surface area contributed by atoms with E-state index in [-0.39, 0.29) is 29.9 Å². The molecule has 0 bridgehead atoms. The van der Waals surface area contributed by atoms with Crippen molar-refractivity contribution in [1.29, 1.82) is 0 Å². The number of rotatable bonds is 11. The number of aromatic amines is 1. The molecule has 0 saturated carbocycles. The lowest BCUT2D eigenvalue weighted by Gasteiger charge is -2.49. The maximum atomic E-state index is 14.4. The van der Waals surface area contributed by atoms with Crippen LogP contribution in [-0.4, -0.2) is 106 Å². The fourth-order valence-electron chi connectivity index (χ4n) is 10.6. The summed E-state index contributed by atoms with van der Waals surface area (Å²) in [6, 6.07) is 23.6. The Morgan fingerprint density at radius 2 is 1.84 bits per heavy atom. The van der Waals surface area contributed by atoms with Crippen molar-refractivity contribution in [2.24, 2.45) is 17.8 Å². The number of halogens is 1. The van der Waals surface area contributed by atoms with E-state index in [2.05, 4.69) is 109 Å². The molecule has 14 heteroatoms. The molecule has 4 N–H and O–H groups in total. The lowest BCUT2D eigenvalue weighted by atomic mass is 9.79. The number of aromatic nitrogens is 1. The maximum absolute atomic E-state index is 14.4. The molecule has 3 amide bonds. The Morgan fingerprint density at radius 1 is 1.06 bits per heavy atom. The molecule has 1 aliphatic carbocycles. The van der Waals surface area contributed by atoms with Crippen molar-refractivity contribution in [2.75, 3.05) is 33.7 Å². The van der Waals surface area contributed by atoms with E-state index in [1.165, 1.54) is 31.5 Å². The molecule has 3 fully saturated rings. The maximum Gasteiger partial charge on any atom is 0.281 e. The van der Waals surface area contributed by atoms with Crippen molar-refractivity contribution in [1.82, 2.24) is 30.3 Å². The normalized spacial score (nSPS) is 26.8. The van der Waals surface area contributed by atoms with Gasteiger partial charge in [-0.15, -0.1) is 11.3 Å². The van der Waals surface area contributed by atoms with E-state index in [0.29, 0.717) is 25.9 Å². The molecule has 0 spiro atoms. The highest BCUT2D eigenvalue weighted by Gasteiger charge is 2.72. The number of piperazine rings is 1. The molecule has 4 aliphatic heterocycles. The average Bonchev–Trinajstić information content (AvgIpc) is 4.09. The standard InChI is InChI=1S/C32H40BrN5O5.C18H19NOS/c1-16(2)12-24-29(40)37-11-7-10-25(37)32(42)38(24)30(41)31(43-32,17(3)4)35-28(39)18-13-20-19-8-6-9-22-26(19)21(27(33)34-22)14-23(20)36(5)15-18;1-19-12-11-17(18-10-5-13-21-18)20-16-9-4-7-14-6-2-3-8-15(14)16/h6,8-9,13,16-18,23-25,34,42H,7,10-12,14-15H2,1-5H3,(H,35,39);2-10,13,17,19H,11-12H2,1H3/t18-,23-,24+,25+,31-,32+;17-/m10/s1. The third-order valence-corrected chi connectivity index (χ3v) is 15.4. The molecule has 12 nitrogen and oxygen atoms in total. The Balaban J connectivity index is 0.000000207. The number of nitrogens with one attached hydrogen (secondary N) is 3. The number of aliphatic hydroxyl groups is 1. The van der Waals surface area contributed by atoms with Crippen molar-refractivity contribution in [3.8, 4) is 5.75 Å². The zero-order valence-electron chi connectivity index (χ0n) is 37.4. The summed E-state index contributed by atoms with van der Waals surface area (Å²) >= 11 is 5.45. The van der Waals surface area contributed by atoms with Gasteiger partial charge >= 0.3 is 0 Å². The first-order valence-electron chi connectivity index (χ1n) is 22.7. The zero-order valence-corrected chi connectivity index (χ0v) is 39.8. The fourth-order valence-corrected chi connectivity index (χ4v) is 12.0. The van der Waals surface area contributed by atoms with Crippen LogP contribution in [0, 0.1) is 17.8 Å². The SMILES string of the molecule is CC(C)C[C@H]1C(=O)N2CCC[C@H]2[C@]2(O)O[C@](NC(=O)[C@@H]3C=C4c5cccc6[nH]c(Br)c(c56)C[C@H]4N(C)C3)(C(C)C)C(=O)N12.CNCC[C@H](Oc1cccc2ccccc12)c1cccs1. The van der Waals surface area contributed by atoms with Crippen LogP contribution in [0.1, 0.15) is 75.5 Å². The van der Waals surface area contributed by atoms with E-state index in [0.717, 1.165) is 52.8 Å². The molecule has 0 radical (unpaired) electrons. The molecule has 0 unspecified atom stereocenters. The van der Waals surface area contributed by atoms with Gasteiger partial charge in [0.2, 0.25) is 17.5 Å². The monoisotopic (exact) mass is 950 g/mol. The summed E-state index contributed by atoms with van der Waals surface area (Å²) in [7, 11) is 4.00. The summed E-state index contributed by atoms with van der Waals surface area (Å²) in [5.74, 6) is -3.05. The van der Waals surface area contributed by atoms with Crippen molar-refractivity contribution in [2.45, 2.75) is 95.7 Å². The zero-order chi connectivity index (χ0) is 45.1. The van der Waals surface area contributed by atoms with Crippen molar-refractivity contribution in [3.05, 3.63) is 105 Å². The molecule has 10 rings (SSSR count). The van der Waals surface area contributed by atoms with Crippen molar-refractivity contribution >= 4 is 72.2 Å². The van der Waals surface area contributed by atoms with Crippen LogP contribution in [-0.2, 0) is 25.5 Å². The van der Waals surface area contributed by atoms with Crippen molar-refractivity contribution in [3.63, 3.8) is 0 Å². The molecule has 5 aliphatic rings. The summed E-state index contributed by atoms with van der Waals surface area (Å²) in [4.78, 5) is 52.1. The fraction of sp³-hybridized carbons (Fsp3) is 0.460. The quantitative estimate of drug-likeness (QED) is 0.105. The van der Waals surface area contributed by atoms with Crippen LogP contribution >= 0.6 is 27.3 Å². The summed E-state index contributed by atoms with van der Waals surface area (Å²) in [6.45, 7) is 9.51. The molecule has 3 saturated heterocycles. The Bertz CT molecular complexity index is 2590. The number of ether oxygens (including phenoxy) is 2. The largest absolute Gasteiger partial charge is 0.484 e. The Hall–Kier alpha value is -4.57. The lowest BCUT2D eigenvalue weighted by Crippen LogP contribution is -2.71. The van der Waals surface area contributed by atoms with Crippen molar-refractivity contribution < 1.29 is 29.0 Å². The predicted molar refractivity (Wildman–Crippen MR) is 254 cm³/mol. The second-order valence-electron chi connectivity index (χ2n) is 18.7. The van der Waals surface area contributed by atoms with E-state index >= 15 is 0 Å². The number of benzene rings is 3. The number of carbonyl (C=O) groups excluding carboxylic acids is 3. The number of thiophene rings is 1. The highest BCUT2D eigenvalue weighted by molar-refractivity contribution is 9.10. The molecule has 338 valence electrons. The third kappa shape index (κ3) is 7.67. The first-order chi connectivity index (χ1) is 30.7. The molecule has 6 heterocycles. The predicted octanol–water partition coefficient (Wildman–Crippen LogP) is 7.82. The Labute approximate surface area is 387 Å². The second kappa shape index (κ2) is 17.7. The minimum atomic E-state index is -2.01. The highest BCUT2D eigenvalue weighted by Crippen LogP contribution is 2.49. The molecular weight excluding hydrogens is 893 g/mol. The number of fused-ring (bicyclic) bond motifs is 6. The van der Waals surface area contributed by atoms with Crippen LogP contribution in [0.2, 0.25) is 0 Å². The van der Waals surface area contributed by atoms with Gasteiger partial charge in [0.1, 0.15) is 23.9 Å². The van der Waals surface area contributed by atoms with E-state index < -0.39 is 41.5 Å². The highest BCUT2D eigenvalue weighted by atomic mass is 79.9. The van der Waals surface area contributed by atoms with Crippen LogP contribution in [0.15, 0.2) is 88.9 Å². The van der Waals surface area contributed by atoms with Gasteiger partial charge in [-0.3, -0.25) is 28.9 Å². The Morgan fingerprint density at radius 3 is 2.59 bits per heavy atom. The molecule has 3 aromatic carbocycles. The number of nitrogens with zero attached hydrogens (tertiary/aromatic N) is 3. The number of likely N-dealkylation sites (N-methyl/N-ethyl adjacent to an activating group) is 1. The molecule has 2 aromatic heterocycles. The van der Waals surface area contributed by atoms with E-state index in [1.807, 2.05) is 40.1 Å². The van der Waals surface area contributed by atoms with Gasteiger partial charge in [-0.25, -0.2) is 0 Å². The van der Waals surface area contributed by atoms with E-state index in [4.69, 9.17) is 9.47 Å². The molecule has 7 atom stereocenters. The number of hydrogen-bond acceptors (Lipinski definition) is 9. The van der Waals surface area contributed by atoms with Gasteiger partial charge in [0.15, 0.2) is 0 Å². The summed E-state index contributed by atoms with van der Waals surface area (Å²) < 4.78 is 13.8. The van der Waals surface area contributed by atoms with Crippen LogP contribution in [0.5, 0.6) is 5.75 Å². The first-order valence-corrected chi connectivity index (χ1v) is 24.4. The smallest absolute Gasteiger partial charge is 0.281 e. The average molecular weight is 952 g/mol. The third-order valence-electron chi connectivity index (χ3n) is 13.8. The Kier molecular flexibility index (Phi) is 12.3. The van der Waals surface area contributed by atoms with Gasteiger partial charge in [-0.2, -0.15) is 0 Å². The summed E-state index contributed by atoms with van der Waals surface area (Å²) in [5.41, 5.74) is 2.68. The van der Waals surface area contributed by atoms with Gasteiger partial charge in [-0.05, 0) is 114 Å². The topological polar surface area (TPSA) is 139 Å². The minimum absolute atomic E-state index is 0.100. The molecule has 64 heavy (non-hydrogen) atoms. The number of hydrogen-bond donors (Lipinski definition) is 4. The number of carbonyl (C=O) groups is 3. The summed E-state index contributed by atoms with van der Waals surface area (Å²) in [5, 5.41) is 24.0. The van der Waals surface area contributed by atoms with Crippen LogP contribution in [0.4, 0.5) is 0 Å². The van der Waals surface area contributed by atoms with Gasteiger partial charge in [-0.1, -0.05) is 88.4 Å². The van der Waals surface area contributed by atoms with Crippen LogP contribution < -0.4 is 15.4 Å². The van der Waals surface area contributed by atoms with Gasteiger partial charge in [0, 0.05) is 52.6 Å². The van der Waals surface area contributed by atoms with Gasteiger partial charge in [0.05, 0.1) is 10.5 Å². The minimum Gasteiger partial charge on any atom is -0.484 e. The molecule has 5 aromatic rings. The first kappa shape index (κ1) is 44.6. The van der Waals surface area contributed by atoms with Gasteiger partial charge in [0.25, 0.3) is 11.8 Å². The van der Waals surface area contributed by atoms with Crippen LogP contribution in [0.3, 0.4) is 0 Å². The van der Waals surface area contributed by atoms with Gasteiger partial charge < -0.3 is 30.4 Å². The van der Waals surface area contributed by atoms with E-state index in [1.54, 1.807) is 30.1 Å².